The van der Waals surface area contributed by atoms with Crippen molar-refractivity contribution in [2.45, 2.75) is 78.0 Å². The summed E-state index contributed by atoms with van der Waals surface area (Å²) >= 11 is 5.35. The molecule has 1 aromatic heterocycles. The van der Waals surface area contributed by atoms with Crippen LogP contribution in [-0.2, 0) is 25.5 Å². The fourth-order valence-electron chi connectivity index (χ4n) is 4.57. The third-order valence-corrected chi connectivity index (χ3v) is 8.57. The topological polar surface area (TPSA) is 185 Å². The van der Waals surface area contributed by atoms with Crippen LogP contribution in [0.15, 0.2) is 28.5 Å². The molecule has 16 heteroatoms. The van der Waals surface area contributed by atoms with E-state index in [1.54, 1.807) is 24.4 Å². The molecule has 0 radical (unpaired) electrons. The SMILES string of the molecule is CNC(C[C@@H](OC(C)=O)c1nc(C(=O)N[C@@H](Cc2ccc(OP(O)N=O)c(NC(=O)CCCS)c2)CC(C)C=O)cs1)C(C)C. The molecule has 0 bridgehead atoms. The number of nitrogens with zero attached hydrogens (tertiary/aromatic N) is 2. The van der Waals surface area contributed by atoms with E-state index in [-0.39, 0.29) is 53.8 Å². The van der Waals surface area contributed by atoms with Gasteiger partial charge in [-0.3, -0.25) is 14.4 Å². The average Bonchev–Trinajstić information content (AvgIpc) is 3.49. The fraction of sp³-hybridized carbons (Fsp3) is 0.552. The van der Waals surface area contributed by atoms with Gasteiger partial charge in [0.1, 0.15) is 17.0 Å². The first-order valence-corrected chi connectivity index (χ1v) is 17.2. The highest BCUT2D eigenvalue weighted by molar-refractivity contribution is 7.80. The maximum Gasteiger partial charge on any atom is 0.411 e. The second-order valence-electron chi connectivity index (χ2n) is 10.9. The predicted molar refractivity (Wildman–Crippen MR) is 177 cm³/mol. The van der Waals surface area contributed by atoms with E-state index in [4.69, 9.17) is 9.26 Å². The summed E-state index contributed by atoms with van der Waals surface area (Å²) in [5.41, 5.74) is 1.05. The van der Waals surface area contributed by atoms with Crippen molar-refractivity contribution < 1.29 is 33.3 Å². The number of thiazole rings is 1. The first-order chi connectivity index (χ1) is 21.4. The number of amides is 2. The van der Waals surface area contributed by atoms with Crippen LogP contribution in [0.5, 0.6) is 5.75 Å². The lowest BCUT2D eigenvalue weighted by Gasteiger charge is -2.24. The summed E-state index contributed by atoms with van der Waals surface area (Å²) in [6.07, 6.45) is 1.99. The maximum absolute atomic E-state index is 13.4. The number of rotatable bonds is 20. The van der Waals surface area contributed by atoms with Crippen LogP contribution in [0.3, 0.4) is 0 Å². The van der Waals surface area contributed by atoms with E-state index in [2.05, 4.69) is 52.4 Å². The second-order valence-corrected chi connectivity index (χ2v) is 13.1. The van der Waals surface area contributed by atoms with Crippen LogP contribution in [0, 0.1) is 16.7 Å². The third-order valence-electron chi connectivity index (χ3n) is 6.82. The van der Waals surface area contributed by atoms with Gasteiger partial charge in [-0.15, -0.1) is 16.2 Å². The molecule has 45 heavy (non-hydrogen) atoms. The number of nitrogens with one attached hydrogen (secondary N) is 3. The number of nitroso groups, excluding NO2 is 1. The molecule has 0 spiro atoms. The minimum Gasteiger partial charge on any atom is -0.455 e. The largest absolute Gasteiger partial charge is 0.455 e. The van der Waals surface area contributed by atoms with Crippen molar-refractivity contribution in [2.24, 2.45) is 16.8 Å². The Labute approximate surface area is 274 Å². The number of aldehydes is 1. The van der Waals surface area contributed by atoms with Crippen LogP contribution in [0.1, 0.15) is 80.5 Å². The molecule has 0 saturated heterocycles. The van der Waals surface area contributed by atoms with Crippen LogP contribution < -0.4 is 20.5 Å². The van der Waals surface area contributed by atoms with Gasteiger partial charge in [-0.1, -0.05) is 26.8 Å². The number of hydrogen-bond acceptors (Lipinski definition) is 13. The molecule has 248 valence electrons. The van der Waals surface area contributed by atoms with Crippen LogP contribution in [0.4, 0.5) is 5.69 Å². The van der Waals surface area contributed by atoms with E-state index < -0.39 is 32.5 Å². The quantitative estimate of drug-likeness (QED) is 0.0420. The summed E-state index contributed by atoms with van der Waals surface area (Å²) in [6.45, 7) is 7.18. The normalized spacial score (nSPS) is 14.5. The summed E-state index contributed by atoms with van der Waals surface area (Å²) in [5, 5.41) is 11.0. The van der Waals surface area contributed by atoms with E-state index >= 15 is 0 Å². The van der Waals surface area contributed by atoms with Crippen molar-refractivity contribution in [2.75, 3.05) is 18.1 Å². The van der Waals surface area contributed by atoms with Crippen LogP contribution in [-0.4, -0.2) is 58.8 Å². The molecule has 2 amide bonds. The van der Waals surface area contributed by atoms with E-state index in [0.717, 1.165) is 6.29 Å². The Hall–Kier alpha value is -2.97. The molecule has 0 aliphatic rings. The van der Waals surface area contributed by atoms with Crippen LogP contribution in [0.25, 0.3) is 0 Å². The Kier molecular flexibility index (Phi) is 16.6. The van der Waals surface area contributed by atoms with Gasteiger partial charge in [0.05, 0.1) is 5.69 Å². The number of ether oxygens (including phenoxy) is 1. The smallest absolute Gasteiger partial charge is 0.411 e. The Morgan fingerprint density at radius 2 is 1.96 bits per heavy atom. The second kappa shape index (κ2) is 19.5. The van der Waals surface area contributed by atoms with E-state index in [1.807, 2.05) is 7.05 Å². The Bertz CT molecular complexity index is 1300. The van der Waals surface area contributed by atoms with Crippen molar-refractivity contribution in [1.82, 2.24) is 15.6 Å². The molecule has 0 aliphatic carbocycles. The highest BCUT2D eigenvalue weighted by Crippen LogP contribution is 2.39. The van der Waals surface area contributed by atoms with Crippen LogP contribution >= 0.6 is 32.5 Å². The summed E-state index contributed by atoms with van der Waals surface area (Å²) < 4.78 is 10.8. The lowest BCUT2D eigenvalue weighted by molar-refractivity contribution is -0.147. The van der Waals surface area contributed by atoms with Gasteiger partial charge in [0, 0.05) is 48.1 Å². The number of hydrogen-bond donors (Lipinski definition) is 5. The number of carbonyl (C=O) groups is 4. The highest BCUT2D eigenvalue weighted by atomic mass is 32.1. The summed E-state index contributed by atoms with van der Waals surface area (Å²) in [4.78, 5) is 76.5. The van der Waals surface area contributed by atoms with Gasteiger partial charge in [0.2, 0.25) is 5.91 Å². The fourth-order valence-corrected chi connectivity index (χ4v) is 5.94. The molecule has 0 aliphatic heterocycles. The number of anilines is 1. The van der Waals surface area contributed by atoms with Gasteiger partial charge in [-0.05, 0) is 55.7 Å². The molecular weight excluding hydrogens is 641 g/mol. The summed E-state index contributed by atoms with van der Waals surface area (Å²) in [7, 11) is -0.792. The molecule has 1 heterocycles. The molecule has 0 fully saturated rings. The third kappa shape index (κ3) is 13.1. The molecule has 3 unspecified atom stereocenters. The number of carbonyl (C=O) groups excluding carboxylic acids is 4. The van der Waals surface area contributed by atoms with Gasteiger partial charge in [0.25, 0.3) is 5.91 Å². The van der Waals surface area contributed by atoms with E-state index in [9.17, 15) is 29.0 Å². The molecule has 13 nitrogen and oxygen atoms in total. The highest BCUT2D eigenvalue weighted by Gasteiger charge is 2.27. The van der Waals surface area contributed by atoms with Crippen LogP contribution in [0.2, 0.25) is 0 Å². The van der Waals surface area contributed by atoms with Crippen molar-refractivity contribution in [3.05, 3.63) is 44.8 Å². The monoisotopic (exact) mass is 683 g/mol. The Morgan fingerprint density at radius 3 is 2.56 bits per heavy atom. The molecule has 0 saturated carbocycles. The lowest BCUT2D eigenvalue weighted by atomic mass is 9.96. The predicted octanol–water partition coefficient (Wildman–Crippen LogP) is 4.96. The molecule has 4 N–H and O–H groups in total. The van der Waals surface area contributed by atoms with E-state index in [0.29, 0.717) is 35.6 Å². The zero-order chi connectivity index (χ0) is 33.5. The number of aromatic nitrogens is 1. The first kappa shape index (κ1) is 38.2. The number of thiol groups is 1. The van der Waals surface area contributed by atoms with E-state index in [1.165, 1.54) is 24.3 Å². The summed E-state index contributed by atoms with van der Waals surface area (Å²) in [6, 6.07) is 4.31. The Balaban J connectivity index is 2.30. The maximum atomic E-state index is 13.4. The molecular formula is C29H42N5O8PS2. The molecule has 2 rings (SSSR count). The van der Waals surface area contributed by atoms with Crippen molar-refractivity contribution >= 4 is 62.2 Å². The van der Waals surface area contributed by atoms with Crippen molar-refractivity contribution in [3.8, 4) is 5.75 Å². The van der Waals surface area contributed by atoms with Gasteiger partial charge in [-0.25, -0.2) is 4.98 Å². The lowest BCUT2D eigenvalue weighted by Crippen LogP contribution is -2.38. The Morgan fingerprint density at radius 1 is 1.22 bits per heavy atom. The number of esters is 1. The molecule has 1 aromatic carbocycles. The summed E-state index contributed by atoms with van der Waals surface area (Å²) in [5.74, 6) is -0.746. The zero-order valence-electron chi connectivity index (χ0n) is 26.0. The van der Waals surface area contributed by atoms with Gasteiger partial charge in [-0.2, -0.15) is 12.6 Å². The molecule has 2 aromatic rings. The van der Waals surface area contributed by atoms with Gasteiger partial charge < -0.3 is 34.9 Å². The number of benzene rings is 1. The zero-order valence-corrected chi connectivity index (χ0v) is 28.6. The molecule has 5 atom stereocenters. The average molecular weight is 684 g/mol. The standard InChI is InChI=1S/C29H42N5O8PS2/c1-17(2)22(30-5)14-26(41-19(4)36)29-33-24(16-45-29)28(38)31-21(11-18(3)15-35)12-20-8-9-25(42-43(40)34-39)23(13-20)32-27(37)7-6-10-44/h8-9,13,15-18,21-22,26,30,40,44H,6-7,10-12,14H2,1-5H3,(H,31,38)(H,32,37)/t18?,21-,22?,26-,43?/m1/s1. The van der Waals surface area contributed by atoms with Crippen molar-refractivity contribution in [3.63, 3.8) is 0 Å². The van der Waals surface area contributed by atoms with Crippen molar-refractivity contribution in [1.29, 1.82) is 0 Å². The minimum atomic E-state index is -2.63. The minimum absolute atomic E-state index is 0.0539. The van der Waals surface area contributed by atoms with Gasteiger partial charge in [0.15, 0.2) is 11.9 Å². The van der Waals surface area contributed by atoms with Gasteiger partial charge >= 0.3 is 14.5 Å². The first-order valence-electron chi connectivity index (χ1n) is 14.5.